The Labute approximate surface area is 168 Å². The van der Waals surface area contributed by atoms with Crippen LogP contribution in [0.3, 0.4) is 0 Å². The van der Waals surface area contributed by atoms with Crippen molar-refractivity contribution in [3.8, 4) is 5.69 Å². The largest absolute Gasteiger partial charge is 0.325 e. The Kier molecular flexibility index (Phi) is 5.99. The lowest BCUT2D eigenvalue weighted by Crippen LogP contribution is -2.24. The van der Waals surface area contributed by atoms with E-state index in [1.54, 1.807) is 6.07 Å². The van der Waals surface area contributed by atoms with Crippen LogP contribution in [0, 0.1) is 20.8 Å². The van der Waals surface area contributed by atoms with Crippen molar-refractivity contribution in [3.05, 3.63) is 81.6 Å². The van der Waals surface area contributed by atoms with Gasteiger partial charge < -0.3 is 5.32 Å². The monoisotopic (exact) mass is 393 g/mol. The Morgan fingerprint density at radius 2 is 1.68 bits per heavy atom. The molecule has 5 nitrogen and oxygen atoms in total. The predicted octanol–water partition coefficient (Wildman–Crippen LogP) is 4.28. The molecule has 0 fully saturated rings. The van der Waals surface area contributed by atoms with Gasteiger partial charge in [-0.3, -0.25) is 9.59 Å². The van der Waals surface area contributed by atoms with Gasteiger partial charge in [0.1, 0.15) is 5.03 Å². The topological polar surface area (TPSA) is 64.0 Å². The number of hydrogen-bond acceptors (Lipinski definition) is 4. The van der Waals surface area contributed by atoms with Crippen LogP contribution in [0.15, 0.2) is 64.4 Å². The number of thioether (sulfide) groups is 1. The molecular formula is C22H23N3O2S. The van der Waals surface area contributed by atoms with Crippen LogP contribution in [-0.2, 0) is 4.79 Å². The minimum absolute atomic E-state index is 0.105. The summed E-state index contributed by atoms with van der Waals surface area (Å²) in [6.07, 6.45) is 0. The summed E-state index contributed by atoms with van der Waals surface area (Å²) in [7, 11) is 0. The van der Waals surface area contributed by atoms with Gasteiger partial charge in [-0.25, -0.2) is 0 Å². The molecule has 1 unspecified atom stereocenters. The second-order valence-corrected chi connectivity index (χ2v) is 8.19. The molecule has 6 heteroatoms. The van der Waals surface area contributed by atoms with Crippen molar-refractivity contribution in [1.82, 2.24) is 9.78 Å². The van der Waals surface area contributed by atoms with E-state index in [2.05, 4.69) is 10.4 Å². The van der Waals surface area contributed by atoms with E-state index in [0.717, 1.165) is 22.4 Å². The van der Waals surface area contributed by atoms with E-state index in [1.165, 1.54) is 22.5 Å². The zero-order chi connectivity index (χ0) is 20.3. The second kappa shape index (κ2) is 8.44. The van der Waals surface area contributed by atoms with Gasteiger partial charge in [-0.15, -0.1) is 0 Å². The van der Waals surface area contributed by atoms with Crippen molar-refractivity contribution in [2.45, 2.75) is 38.0 Å². The van der Waals surface area contributed by atoms with Crippen LogP contribution < -0.4 is 10.9 Å². The molecule has 0 bridgehead atoms. The van der Waals surface area contributed by atoms with E-state index in [9.17, 15) is 9.59 Å². The normalized spacial score (nSPS) is 11.9. The number of amides is 1. The molecule has 3 aromatic rings. The third kappa shape index (κ3) is 4.70. The van der Waals surface area contributed by atoms with Crippen LogP contribution >= 0.6 is 11.8 Å². The van der Waals surface area contributed by atoms with Gasteiger partial charge in [0.05, 0.1) is 10.9 Å². The number of aromatic nitrogens is 2. The van der Waals surface area contributed by atoms with Crippen LogP contribution in [0.25, 0.3) is 5.69 Å². The summed E-state index contributed by atoms with van der Waals surface area (Å²) in [5.74, 6) is -0.105. The standard InChI is InChI=1S/C22H23N3O2S/c1-14-5-8-18(9-6-14)25-21(26)12-11-20(24-25)28-17(4)22(27)23-19-10-7-15(2)13-16(19)3/h5-13,17H,1-4H3,(H,23,27). The summed E-state index contributed by atoms with van der Waals surface area (Å²) in [4.78, 5) is 24.8. The molecule has 1 N–H and O–H groups in total. The molecule has 144 valence electrons. The minimum atomic E-state index is -0.364. The van der Waals surface area contributed by atoms with E-state index in [4.69, 9.17) is 0 Å². The average molecular weight is 394 g/mol. The van der Waals surface area contributed by atoms with E-state index in [-0.39, 0.29) is 16.7 Å². The zero-order valence-electron chi connectivity index (χ0n) is 16.4. The highest BCUT2D eigenvalue weighted by Gasteiger charge is 2.17. The molecule has 1 aromatic heterocycles. The quantitative estimate of drug-likeness (QED) is 0.657. The molecule has 0 saturated carbocycles. The molecule has 1 heterocycles. The fourth-order valence-electron chi connectivity index (χ4n) is 2.75. The van der Waals surface area contributed by atoms with Crippen LogP contribution in [0.2, 0.25) is 0 Å². The SMILES string of the molecule is Cc1ccc(-n2nc(SC(C)C(=O)Nc3ccc(C)cc3C)ccc2=O)cc1. The fraction of sp³-hybridized carbons (Fsp3) is 0.227. The Morgan fingerprint density at radius 3 is 2.36 bits per heavy atom. The van der Waals surface area contributed by atoms with E-state index >= 15 is 0 Å². The van der Waals surface area contributed by atoms with Crippen molar-refractivity contribution in [3.63, 3.8) is 0 Å². The van der Waals surface area contributed by atoms with Crippen molar-refractivity contribution >= 4 is 23.4 Å². The van der Waals surface area contributed by atoms with Crippen molar-refractivity contribution in [2.24, 2.45) is 0 Å². The number of rotatable bonds is 5. The minimum Gasteiger partial charge on any atom is -0.325 e. The molecule has 0 aliphatic rings. The summed E-state index contributed by atoms with van der Waals surface area (Å²) >= 11 is 1.32. The maximum atomic E-state index is 12.6. The summed E-state index contributed by atoms with van der Waals surface area (Å²) in [6, 6.07) is 16.6. The Morgan fingerprint density at radius 1 is 1.00 bits per heavy atom. The number of nitrogens with zero attached hydrogens (tertiary/aromatic N) is 2. The van der Waals surface area contributed by atoms with E-state index in [1.807, 2.05) is 70.2 Å². The van der Waals surface area contributed by atoms with Gasteiger partial charge >= 0.3 is 0 Å². The molecule has 0 saturated heterocycles. The highest BCUT2D eigenvalue weighted by Crippen LogP contribution is 2.23. The van der Waals surface area contributed by atoms with E-state index < -0.39 is 0 Å². The summed E-state index contributed by atoms with van der Waals surface area (Å²) < 4.78 is 1.36. The molecule has 1 amide bonds. The van der Waals surface area contributed by atoms with Gasteiger partial charge in [0.2, 0.25) is 5.91 Å². The third-order valence-electron chi connectivity index (χ3n) is 4.36. The van der Waals surface area contributed by atoms with Gasteiger partial charge in [-0.2, -0.15) is 9.78 Å². The molecule has 0 spiro atoms. The molecular weight excluding hydrogens is 370 g/mol. The lowest BCUT2D eigenvalue weighted by atomic mass is 10.1. The van der Waals surface area contributed by atoms with Crippen molar-refractivity contribution < 1.29 is 4.79 Å². The van der Waals surface area contributed by atoms with Crippen molar-refractivity contribution in [1.29, 1.82) is 0 Å². The molecule has 0 aliphatic carbocycles. The fourth-order valence-corrected chi connectivity index (χ4v) is 3.55. The number of aryl methyl sites for hydroxylation is 3. The number of hydrogen-bond donors (Lipinski definition) is 1. The summed E-state index contributed by atoms with van der Waals surface area (Å²) in [6.45, 7) is 7.81. The zero-order valence-corrected chi connectivity index (χ0v) is 17.2. The maximum absolute atomic E-state index is 12.6. The lowest BCUT2D eigenvalue weighted by molar-refractivity contribution is -0.115. The predicted molar refractivity (Wildman–Crippen MR) is 114 cm³/mol. The first-order valence-corrected chi connectivity index (χ1v) is 9.93. The van der Waals surface area contributed by atoms with Gasteiger partial charge in [-0.05, 0) is 57.5 Å². The second-order valence-electron chi connectivity index (χ2n) is 6.82. The Hall–Kier alpha value is -2.86. The molecule has 2 aromatic carbocycles. The first kappa shape index (κ1) is 19.9. The first-order chi connectivity index (χ1) is 13.3. The van der Waals surface area contributed by atoms with Crippen LogP contribution in [0.5, 0.6) is 0 Å². The van der Waals surface area contributed by atoms with Gasteiger partial charge in [0.25, 0.3) is 5.56 Å². The smallest absolute Gasteiger partial charge is 0.271 e. The summed E-state index contributed by atoms with van der Waals surface area (Å²) in [5, 5.41) is 7.63. The number of anilines is 1. The van der Waals surface area contributed by atoms with Crippen molar-refractivity contribution in [2.75, 3.05) is 5.32 Å². The van der Waals surface area contributed by atoms with Crippen LogP contribution in [0.4, 0.5) is 5.69 Å². The molecule has 28 heavy (non-hydrogen) atoms. The molecule has 0 radical (unpaired) electrons. The molecule has 0 aliphatic heterocycles. The number of carbonyl (C=O) groups is 1. The Bertz CT molecular complexity index is 1060. The Balaban J connectivity index is 1.75. The van der Waals surface area contributed by atoms with Gasteiger partial charge in [-0.1, -0.05) is 47.2 Å². The summed E-state index contributed by atoms with van der Waals surface area (Å²) in [5.41, 5.74) is 4.59. The van der Waals surface area contributed by atoms with Crippen LogP contribution in [0.1, 0.15) is 23.6 Å². The van der Waals surface area contributed by atoms with Crippen LogP contribution in [-0.4, -0.2) is 20.9 Å². The first-order valence-electron chi connectivity index (χ1n) is 9.06. The van der Waals surface area contributed by atoms with Gasteiger partial charge in [0.15, 0.2) is 0 Å². The third-order valence-corrected chi connectivity index (χ3v) is 5.39. The molecule has 3 rings (SSSR count). The number of benzene rings is 2. The molecule has 1 atom stereocenters. The highest BCUT2D eigenvalue weighted by atomic mass is 32.2. The average Bonchev–Trinajstić information content (AvgIpc) is 2.66. The number of carbonyl (C=O) groups excluding carboxylic acids is 1. The van der Waals surface area contributed by atoms with Gasteiger partial charge in [0, 0.05) is 11.8 Å². The lowest BCUT2D eigenvalue weighted by Gasteiger charge is -2.14. The number of nitrogens with one attached hydrogen (secondary N) is 1. The maximum Gasteiger partial charge on any atom is 0.271 e. The highest BCUT2D eigenvalue weighted by molar-refractivity contribution is 8.00. The van der Waals surface area contributed by atoms with E-state index in [0.29, 0.717) is 10.7 Å².